The smallest absolute Gasteiger partial charge is 0.226 e. The highest BCUT2D eigenvalue weighted by molar-refractivity contribution is 7.80. The Morgan fingerprint density at radius 3 is 2.55 bits per heavy atom. The lowest BCUT2D eigenvalue weighted by Crippen LogP contribution is -2.47. The van der Waals surface area contributed by atoms with Gasteiger partial charge in [-0.1, -0.05) is 79.5 Å². The van der Waals surface area contributed by atoms with E-state index in [0.717, 1.165) is 34.5 Å². The van der Waals surface area contributed by atoms with Crippen molar-refractivity contribution >= 4 is 52.1 Å². The van der Waals surface area contributed by atoms with Gasteiger partial charge in [-0.2, -0.15) is 5.26 Å². The van der Waals surface area contributed by atoms with Gasteiger partial charge in [0.15, 0.2) is 5.11 Å². The molecule has 0 saturated carbocycles. The van der Waals surface area contributed by atoms with Crippen molar-refractivity contribution in [1.82, 2.24) is 19.8 Å². The molecular weight excluding hydrogens is 611 g/mol. The Bertz CT molecular complexity index is 1630. The number of nitriles is 1. The molecule has 0 bridgehead atoms. The Morgan fingerprint density at radius 1 is 1.09 bits per heavy atom. The number of aryl methyl sites for hydroxylation is 1. The van der Waals surface area contributed by atoms with Crippen molar-refractivity contribution in [2.75, 3.05) is 11.9 Å². The van der Waals surface area contributed by atoms with Gasteiger partial charge >= 0.3 is 0 Å². The second kappa shape index (κ2) is 15.7. The van der Waals surface area contributed by atoms with Crippen LogP contribution in [0.3, 0.4) is 0 Å². The van der Waals surface area contributed by atoms with E-state index in [9.17, 15) is 4.79 Å². The fourth-order valence-corrected chi connectivity index (χ4v) is 5.61. The number of amides is 1. The number of hydrogen-bond donors (Lipinski definition) is 2. The predicted molar refractivity (Wildman–Crippen MR) is 182 cm³/mol. The topological polar surface area (TPSA) is 86.0 Å². The molecular formula is C34H36Cl2N6OS. The van der Waals surface area contributed by atoms with Gasteiger partial charge < -0.3 is 20.1 Å². The van der Waals surface area contributed by atoms with E-state index in [1.54, 1.807) is 30.7 Å². The molecule has 1 aromatic heterocycles. The Hall–Kier alpha value is -3.90. The van der Waals surface area contributed by atoms with E-state index in [1.165, 1.54) is 0 Å². The minimum atomic E-state index is -0.188. The van der Waals surface area contributed by atoms with Crippen LogP contribution in [0.15, 0.2) is 79.3 Å². The van der Waals surface area contributed by atoms with E-state index in [2.05, 4.69) is 35.5 Å². The number of nitrogens with zero attached hydrogens (tertiary/aromatic N) is 4. The van der Waals surface area contributed by atoms with Crippen LogP contribution < -0.4 is 10.6 Å². The maximum Gasteiger partial charge on any atom is 0.226 e. The highest BCUT2D eigenvalue weighted by Gasteiger charge is 2.22. The second-order valence-corrected chi connectivity index (χ2v) is 12.4. The molecule has 7 nitrogen and oxygen atoms in total. The Labute approximate surface area is 274 Å². The number of benzene rings is 3. The van der Waals surface area contributed by atoms with E-state index >= 15 is 0 Å². The Morgan fingerprint density at radius 2 is 1.84 bits per heavy atom. The minimum absolute atomic E-state index is 0.101. The number of para-hydroxylation sites is 1. The zero-order chi connectivity index (χ0) is 31.6. The molecule has 1 heterocycles. The molecule has 228 valence electrons. The molecule has 0 unspecified atom stereocenters. The SMILES string of the molecule is Cc1ccccc1NC(=S)N(Cc1cccc(Cl)c1Cl)C[C@H](CC(C)C)NC(=O)Cc1cncn1Cc1ccc(C#N)cc1. The molecule has 0 fully saturated rings. The van der Waals surface area contributed by atoms with Crippen molar-refractivity contribution in [3.05, 3.63) is 117 Å². The largest absolute Gasteiger partial charge is 0.351 e. The lowest BCUT2D eigenvalue weighted by molar-refractivity contribution is -0.121. The molecule has 10 heteroatoms. The van der Waals surface area contributed by atoms with E-state index in [-0.39, 0.29) is 18.4 Å². The lowest BCUT2D eigenvalue weighted by Gasteiger charge is -2.32. The summed E-state index contributed by atoms with van der Waals surface area (Å²) in [5.74, 6) is 0.229. The average Bonchev–Trinajstić information content (AvgIpc) is 3.42. The number of hydrogen-bond acceptors (Lipinski definition) is 4. The molecule has 0 aliphatic heterocycles. The van der Waals surface area contributed by atoms with Crippen LogP contribution in [0.25, 0.3) is 0 Å². The molecule has 0 radical (unpaired) electrons. The van der Waals surface area contributed by atoms with Crippen LogP contribution in [0.5, 0.6) is 0 Å². The van der Waals surface area contributed by atoms with Crippen molar-refractivity contribution in [2.24, 2.45) is 5.92 Å². The van der Waals surface area contributed by atoms with Crippen LogP contribution in [-0.2, 0) is 24.3 Å². The molecule has 0 saturated heterocycles. The summed E-state index contributed by atoms with van der Waals surface area (Å²) in [5, 5.41) is 17.2. The summed E-state index contributed by atoms with van der Waals surface area (Å²) in [4.78, 5) is 19.8. The first-order valence-corrected chi connectivity index (χ1v) is 15.6. The summed E-state index contributed by atoms with van der Waals surface area (Å²) in [6.07, 6.45) is 4.37. The monoisotopic (exact) mass is 646 g/mol. The normalized spacial score (nSPS) is 11.6. The number of imidazole rings is 1. The number of halogens is 2. The summed E-state index contributed by atoms with van der Waals surface area (Å²) < 4.78 is 1.95. The fraction of sp³-hybridized carbons (Fsp3) is 0.294. The molecule has 0 spiro atoms. The van der Waals surface area contributed by atoms with Gasteiger partial charge in [0, 0.05) is 43.3 Å². The highest BCUT2D eigenvalue weighted by atomic mass is 35.5. The quantitative estimate of drug-likeness (QED) is 0.156. The fourth-order valence-electron chi connectivity index (χ4n) is 4.98. The van der Waals surface area contributed by atoms with Gasteiger partial charge in [-0.3, -0.25) is 4.79 Å². The molecule has 0 aliphatic rings. The second-order valence-electron chi connectivity index (χ2n) is 11.2. The molecule has 4 rings (SSSR count). The molecule has 0 aliphatic carbocycles. The third-order valence-corrected chi connectivity index (χ3v) is 8.42. The predicted octanol–water partition coefficient (Wildman–Crippen LogP) is 7.39. The number of carbonyl (C=O) groups excluding carboxylic acids is 1. The number of aromatic nitrogens is 2. The number of nitrogens with one attached hydrogen (secondary N) is 2. The summed E-state index contributed by atoms with van der Waals surface area (Å²) in [5.41, 5.74) is 5.26. The van der Waals surface area contributed by atoms with Crippen LogP contribution in [0.2, 0.25) is 10.0 Å². The van der Waals surface area contributed by atoms with Crippen molar-refractivity contribution in [3.63, 3.8) is 0 Å². The molecule has 4 aromatic rings. The van der Waals surface area contributed by atoms with Crippen molar-refractivity contribution in [2.45, 2.75) is 52.7 Å². The third kappa shape index (κ3) is 9.30. The van der Waals surface area contributed by atoms with Crippen LogP contribution in [0.4, 0.5) is 5.69 Å². The maximum atomic E-state index is 13.4. The zero-order valence-corrected chi connectivity index (χ0v) is 27.4. The van der Waals surface area contributed by atoms with Gasteiger partial charge in [0.25, 0.3) is 0 Å². The van der Waals surface area contributed by atoms with Gasteiger partial charge in [0.1, 0.15) is 0 Å². The van der Waals surface area contributed by atoms with Crippen LogP contribution >= 0.6 is 35.4 Å². The van der Waals surface area contributed by atoms with Crippen LogP contribution in [0, 0.1) is 24.2 Å². The maximum absolute atomic E-state index is 13.4. The van der Waals surface area contributed by atoms with E-state index in [1.807, 2.05) is 64.9 Å². The van der Waals surface area contributed by atoms with Crippen molar-refractivity contribution in [3.8, 4) is 6.07 Å². The van der Waals surface area contributed by atoms with Crippen LogP contribution in [0.1, 0.15) is 48.2 Å². The lowest BCUT2D eigenvalue weighted by atomic mass is 10.0. The van der Waals surface area contributed by atoms with E-state index in [0.29, 0.717) is 46.3 Å². The van der Waals surface area contributed by atoms with E-state index in [4.69, 9.17) is 40.7 Å². The third-order valence-electron chi connectivity index (χ3n) is 7.20. The van der Waals surface area contributed by atoms with Gasteiger partial charge in [-0.05, 0) is 72.4 Å². The number of anilines is 1. The average molecular weight is 648 g/mol. The first kappa shape index (κ1) is 33.0. The summed E-state index contributed by atoms with van der Waals surface area (Å²) >= 11 is 18.8. The summed E-state index contributed by atoms with van der Waals surface area (Å²) in [7, 11) is 0. The summed E-state index contributed by atoms with van der Waals surface area (Å²) in [6, 6.07) is 22.9. The highest BCUT2D eigenvalue weighted by Crippen LogP contribution is 2.27. The van der Waals surface area contributed by atoms with Gasteiger partial charge in [-0.15, -0.1) is 0 Å². The number of thiocarbonyl (C=S) groups is 1. The Balaban J connectivity index is 1.51. The van der Waals surface area contributed by atoms with Crippen LogP contribution in [-0.4, -0.2) is 38.1 Å². The standard InChI is InChI=1S/C34H36Cl2N6OS/c1-23(2)15-28(39-32(43)16-29-18-38-22-42(29)19-26-13-11-25(17-37)12-14-26)21-41(20-27-8-6-9-30(35)33(27)36)34(44)40-31-10-5-4-7-24(31)3/h4-14,18,22-23,28H,15-16,19-21H2,1-3H3,(H,39,43)(H,40,44)/t28-/m0/s1. The number of rotatable bonds is 12. The van der Waals surface area contributed by atoms with Gasteiger partial charge in [-0.25, -0.2) is 4.98 Å². The first-order chi connectivity index (χ1) is 21.1. The van der Waals surface area contributed by atoms with Crippen molar-refractivity contribution < 1.29 is 4.79 Å². The van der Waals surface area contributed by atoms with Gasteiger partial charge in [0.05, 0.1) is 34.4 Å². The molecule has 44 heavy (non-hydrogen) atoms. The molecule has 3 aromatic carbocycles. The first-order valence-electron chi connectivity index (χ1n) is 14.4. The number of carbonyl (C=O) groups is 1. The van der Waals surface area contributed by atoms with Crippen molar-refractivity contribution in [1.29, 1.82) is 5.26 Å². The van der Waals surface area contributed by atoms with E-state index < -0.39 is 0 Å². The molecule has 2 N–H and O–H groups in total. The molecule has 1 amide bonds. The van der Waals surface area contributed by atoms with Gasteiger partial charge in [0.2, 0.25) is 5.91 Å². The zero-order valence-electron chi connectivity index (χ0n) is 25.1. The Kier molecular flexibility index (Phi) is 11.8. The summed E-state index contributed by atoms with van der Waals surface area (Å²) in [6.45, 7) is 7.73. The minimum Gasteiger partial charge on any atom is -0.351 e. The molecule has 1 atom stereocenters.